The van der Waals surface area contributed by atoms with E-state index < -0.39 is 0 Å². The van der Waals surface area contributed by atoms with E-state index in [1.165, 1.54) is 12.1 Å². The minimum Gasteiger partial charge on any atom is -0.291 e. The van der Waals surface area contributed by atoms with Crippen molar-refractivity contribution in [3.05, 3.63) is 64.4 Å². The molecule has 23 heavy (non-hydrogen) atoms. The predicted octanol–water partition coefficient (Wildman–Crippen LogP) is 4.10. The summed E-state index contributed by atoms with van der Waals surface area (Å²) in [7, 11) is 0. The van der Waals surface area contributed by atoms with Crippen molar-refractivity contribution < 1.29 is 9.18 Å². The van der Waals surface area contributed by atoms with Crippen LogP contribution in [0.1, 0.15) is 24.6 Å². The first-order chi connectivity index (χ1) is 11.1. The van der Waals surface area contributed by atoms with Gasteiger partial charge in [0.05, 0.1) is 6.04 Å². The van der Waals surface area contributed by atoms with Crippen LogP contribution < -0.4 is 4.90 Å². The Kier molecular flexibility index (Phi) is 3.70. The molecule has 0 N–H and O–H groups in total. The van der Waals surface area contributed by atoms with Gasteiger partial charge in [0.1, 0.15) is 12.0 Å². The van der Waals surface area contributed by atoms with Gasteiger partial charge in [0.15, 0.2) is 0 Å². The van der Waals surface area contributed by atoms with E-state index in [1.54, 1.807) is 12.1 Å². The molecule has 4 rings (SSSR count). The average Bonchev–Trinajstić information content (AvgIpc) is 3.11. The van der Waals surface area contributed by atoms with Crippen LogP contribution in [-0.4, -0.2) is 23.4 Å². The molecule has 0 aliphatic carbocycles. The molecule has 2 aromatic carbocycles. The molecule has 118 valence electrons. The van der Waals surface area contributed by atoms with Gasteiger partial charge in [-0.2, -0.15) is 0 Å². The van der Waals surface area contributed by atoms with Gasteiger partial charge in [0, 0.05) is 16.7 Å². The lowest BCUT2D eigenvalue weighted by Crippen LogP contribution is -2.32. The molecule has 0 aromatic heterocycles. The van der Waals surface area contributed by atoms with Crippen LogP contribution in [0.2, 0.25) is 0 Å². The number of carbonyl (C=O) groups is 1. The van der Waals surface area contributed by atoms with Crippen LogP contribution in [0.5, 0.6) is 0 Å². The molecule has 2 saturated heterocycles. The largest absolute Gasteiger partial charge is 0.291 e. The number of rotatable bonds is 2. The molecule has 3 nitrogen and oxygen atoms in total. The third-order valence-corrected chi connectivity index (χ3v) is 5.12. The molecule has 2 aromatic rings. The fourth-order valence-corrected chi connectivity index (χ4v) is 4.07. The van der Waals surface area contributed by atoms with Gasteiger partial charge < -0.3 is 0 Å². The Labute approximate surface area is 142 Å². The molecule has 2 heterocycles. The van der Waals surface area contributed by atoms with Gasteiger partial charge in [0.25, 0.3) is 0 Å². The number of benzene rings is 2. The van der Waals surface area contributed by atoms with Crippen molar-refractivity contribution in [1.82, 2.24) is 4.90 Å². The predicted molar refractivity (Wildman–Crippen MR) is 90.5 cm³/mol. The first kappa shape index (κ1) is 14.8. The second-order valence-electron chi connectivity index (χ2n) is 6.01. The van der Waals surface area contributed by atoms with Gasteiger partial charge in [-0.3, -0.25) is 14.6 Å². The Morgan fingerprint density at radius 3 is 2.65 bits per heavy atom. The average molecular weight is 375 g/mol. The highest BCUT2D eigenvalue weighted by atomic mass is 79.9. The quantitative estimate of drug-likeness (QED) is 0.789. The maximum absolute atomic E-state index is 13.3. The molecular formula is C18H16BrFN2O. The van der Waals surface area contributed by atoms with E-state index in [4.69, 9.17) is 0 Å². The maximum Gasteiger partial charge on any atom is 0.246 e. The highest BCUT2D eigenvalue weighted by Gasteiger charge is 2.49. The number of hydrogen-bond acceptors (Lipinski definition) is 2. The zero-order valence-electron chi connectivity index (χ0n) is 12.5. The molecule has 5 heteroatoms. The van der Waals surface area contributed by atoms with Gasteiger partial charge in [-0.15, -0.1) is 0 Å². The van der Waals surface area contributed by atoms with E-state index >= 15 is 0 Å². The summed E-state index contributed by atoms with van der Waals surface area (Å²) in [5, 5.41) is 0. The Morgan fingerprint density at radius 2 is 1.91 bits per heavy atom. The van der Waals surface area contributed by atoms with Crippen molar-refractivity contribution in [3.63, 3.8) is 0 Å². The monoisotopic (exact) mass is 374 g/mol. The van der Waals surface area contributed by atoms with Gasteiger partial charge in [0.2, 0.25) is 5.91 Å². The SMILES string of the molecule is O=C1[C@@H]2CCCN2[C@@H](c2cccc(Br)c2)N1c1ccc(F)cc1. The molecule has 0 bridgehead atoms. The van der Waals surface area contributed by atoms with Crippen molar-refractivity contribution in [2.24, 2.45) is 0 Å². The zero-order valence-corrected chi connectivity index (χ0v) is 14.0. The molecule has 2 fully saturated rings. The molecule has 2 atom stereocenters. The summed E-state index contributed by atoms with van der Waals surface area (Å²) in [4.78, 5) is 17.0. The smallest absolute Gasteiger partial charge is 0.246 e. The fourth-order valence-electron chi connectivity index (χ4n) is 3.65. The lowest BCUT2D eigenvalue weighted by Gasteiger charge is -2.30. The molecule has 0 radical (unpaired) electrons. The second-order valence-corrected chi connectivity index (χ2v) is 6.92. The zero-order chi connectivity index (χ0) is 16.0. The molecule has 0 saturated carbocycles. The van der Waals surface area contributed by atoms with E-state index in [1.807, 2.05) is 23.1 Å². The molecule has 0 unspecified atom stereocenters. The van der Waals surface area contributed by atoms with Crippen molar-refractivity contribution in [2.75, 3.05) is 11.4 Å². The third-order valence-electron chi connectivity index (χ3n) is 4.63. The third kappa shape index (κ3) is 2.48. The number of halogens is 2. The van der Waals surface area contributed by atoms with Crippen LogP contribution in [-0.2, 0) is 4.79 Å². The van der Waals surface area contributed by atoms with Crippen LogP contribution in [0.4, 0.5) is 10.1 Å². The summed E-state index contributed by atoms with van der Waals surface area (Å²) in [6.45, 7) is 0.908. The second kappa shape index (κ2) is 5.73. The maximum atomic E-state index is 13.3. The van der Waals surface area contributed by atoms with Gasteiger partial charge in [-0.1, -0.05) is 28.1 Å². The Hall–Kier alpha value is -1.72. The summed E-state index contributed by atoms with van der Waals surface area (Å²) in [6.07, 6.45) is 1.80. The highest BCUT2D eigenvalue weighted by Crippen LogP contribution is 2.42. The van der Waals surface area contributed by atoms with E-state index in [0.717, 1.165) is 35.1 Å². The molecule has 2 aliphatic rings. The molecule has 1 amide bonds. The Morgan fingerprint density at radius 1 is 1.13 bits per heavy atom. The van der Waals surface area contributed by atoms with E-state index in [0.29, 0.717) is 0 Å². The minimum absolute atomic E-state index is 0.0657. The standard InChI is InChI=1S/C18H16BrFN2O/c19-13-4-1-3-12(11-13)17-21-10-2-5-16(21)18(23)22(17)15-8-6-14(20)7-9-15/h1,3-4,6-9,11,16-17H,2,5,10H2/t16-,17+/m0/s1. The first-order valence-corrected chi connectivity index (χ1v) is 8.54. The van der Waals surface area contributed by atoms with Crippen LogP contribution >= 0.6 is 15.9 Å². The summed E-state index contributed by atoms with van der Waals surface area (Å²) in [6, 6.07) is 14.2. The number of hydrogen-bond donors (Lipinski definition) is 0. The van der Waals surface area contributed by atoms with E-state index in [2.05, 4.69) is 26.9 Å². The lowest BCUT2D eigenvalue weighted by atomic mass is 10.1. The molecule has 0 spiro atoms. The van der Waals surface area contributed by atoms with Gasteiger partial charge in [-0.25, -0.2) is 4.39 Å². The van der Waals surface area contributed by atoms with Gasteiger partial charge >= 0.3 is 0 Å². The van der Waals surface area contributed by atoms with E-state index in [-0.39, 0.29) is 23.9 Å². The summed E-state index contributed by atoms with van der Waals surface area (Å²) < 4.78 is 14.2. The van der Waals surface area contributed by atoms with E-state index in [9.17, 15) is 9.18 Å². The molecule has 2 aliphatic heterocycles. The van der Waals surface area contributed by atoms with Crippen LogP contribution in [0.15, 0.2) is 53.0 Å². The number of anilines is 1. The molecular weight excluding hydrogens is 359 g/mol. The number of nitrogens with zero attached hydrogens (tertiary/aromatic N) is 2. The van der Waals surface area contributed by atoms with Crippen LogP contribution in [0.3, 0.4) is 0 Å². The Balaban J connectivity index is 1.81. The van der Waals surface area contributed by atoms with Crippen LogP contribution in [0.25, 0.3) is 0 Å². The summed E-state index contributed by atoms with van der Waals surface area (Å²) in [5.74, 6) is -0.181. The topological polar surface area (TPSA) is 23.6 Å². The summed E-state index contributed by atoms with van der Waals surface area (Å²) in [5.41, 5.74) is 1.82. The normalized spacial score (nSPS) is 24.3. The fraction of sp³-hybridized carbons (Fsp3) is 0.278. The minimum atomic E-state index is -0.292. The number of fused-ring (bicyclic) bond motifs is 1. The number of carbonyl (C=O) groups excluding carboxylic acids is 1. The van der Waals surface area contributed by atoms with Crippen molar-refractivity contribution in [3.8, 4) is 0 Å². The van der Waals surface area contributed by atoms with Crippen molar-refractivity contribution in [1.29, 1.82) is 0 Å². The highest BCUT2D eigenvalue weighted by molar-refractivity contribution is 9.10. The number of amides is 1. The lowest BCUT2D eigenvalue weighted by molar-refractivity contribution is -0.119. The van der Waals surface area contributed by atoms with Gasteiger partial charge in [-0.05, 0) is 54.8 Å². The van der Waals surface area contributed by atoms with Crippen LogP contribution in [0, 0.1) is 5.82 Å². The Bertz CT molecular complexity index is 749. The van der Waals surface area contributed by atoms with Crippen molar-refractivity contribution in [2.45, 2.75) is 25.0 Å². The summed E-state index contributed by atoms with van der Waals surface area (Å²) >= 11 is 3.51. The first-order valence-electron chi connectivity index (χ1n) is 7.75. The van der Waals surface area contributed by atoms with Crippen molar-refractivity contribution >= 4 is 27.5 Å².